The lowest BCUT2D eigenvalue weighted by molar-refractivity contribution is -0.192. The number of aliphatic carboxylic acids is 1. The van der Waals surface area contributed by atoms with Crippen LogP contribution in [0.25, 0.3) is 11.3 Å². The first-order chi connectivity index (χ1) is 16.6. The van der Waals surface area contributed by atoms with Crippen LogP contribution in [0, 0.1) is 11.6 Å². The zero-order valence-corrected chi connectivity index (χ0v) is 19.4. The molecule has 0 radical (unpaired) electrons. The Morgan fingerprint density at radius 1 is 1.09 bits per heavy atom. The molecule has 0 bridgehead atoms. The van der Waals surface area contributed by atoms with Crippen molar-refractivity contribution in [3.05, 3.63) is 71.7 Å². The second kappa shape index (κ2) is 12.9. The molecule has 0 atom stereocenters. The molecule has 2 aromatic carbocycles. The van der Waals surface area contributed by atoms with Gasteiger partial charge in [-0.05, 0) is 43.0 Å². The number of benzene rings is 2. The van der Waals surface area contributed by atoms with Gasteiger partial charge in [0.1, 0.15) is 17.4 Å². The Hall–Kier alpha value is -3.43. The number of nitrogens with zero attached hydrogens (tertiary/aromatic N) is 2. The number of unbranched alkanes of at least 4 members (excludes halogenated alkanes) is 2. The maximum absolute atomic E-state index is 14.4. The lowest BCUT2D eigenvalue weighted by Crippen LogP contribution is -2.21. The van der Waals surface area contributed by atoms with Gasteiger partial charge in [-0.3, -0.25) is 0 Å². The molecule has 1 N–H and O–H groups in total. The minimum atomic E-state index is -5.08. The Morgan fingerprint density at radius 2 is 1.77 bits per heavy atom. The SMILES string of the molecule is CCCCCc1c(-c2ccc(F)cc2F)ncn1CCc1ccccc1OC.O=C(O)C(F)(F)F. The quantitative estimate of drug-likeness (QED) is 0.272. The van der Waals surface area contributed by atoms with E-state index in [1.165, 1.54) is 12.1 Å². The Bertz CT molecular complexity index is 1110. The molecular formula is C25H27F5N2O3. The molecule has 5 nitrogen and oxygen atoms in total. The predicted molar refractivity (Wildman–Crippen MR) is 121 cm³/mol. The number of methoxy groups -OCH3 is 1. The number of hydrogen-bond acceptors (Lipinski definition) is 3. The van der Waals surface area contributed by atoms with Gasteiger partial charge in [-0.25, -0.2) is 18.6 Å². The number of rotatable bonds is 9. The van der Waals surface area contributed by atoms with Crippen LogP contribution in [0.3, 0.4) is 0 Å². The molecule has 3 rings (SSSR count). The van der Waals surface area contributed by atoms with Crippen LogP contribution in [0.1, 0.15) is 37.4 Å². The Balaban J connectivity index is 0.000000540. The molecular weight excluding hydrogens is 471 g/mol. The van der Waals surface area contributed by atoms with Gasteiger partial charge in [-0.2, -0.15) is 13.2 Å². The van der Waals surface area contributed by atoms with E-state index in [4.69, 9.17) is 14.6 Å². The summed E-state index contributed by atoms with van der Waals surface area (Å²) in [7, 11) is 1.67. The lowest BCUT2D eigenvalue weighted by atomic mass is 10.0. The number of aromatic nitrogens is 2. The van der Waals surface area contributed by atoms with Crippen molar-refractivity contribution in [1.82, 2.24) is 9.55 Å². The minimum Gasteiger partial charge on any atom is -0.496 e. The average molecular weight is 498 g/mol. The van der Waals surface area contributed by atoms with Crippen molar-refractivity contribution in [2.45, 2.75) is 51.7 Å². The molecule has 190 valence electrons. The van der Waals surface area contributed by atoms with Gasteiger partial charge in [-0.1, -0.05) is 38.0 Å². The van der Waals surface area contributed by atoms with E-state index >= 15 is 0 Å². The summed E-state index contributed by atoms with van der Waals surface area (Å²) in [6.07, 6.45) is 1.48. The first kappa shape index (κ1) is 27.8. The van der Waals surface area contributed by atoms with E-state index in [1.54, 1.807) is 13.4 Å². The Morgan fingerprint density at radius 3 is 2.37 bits per heavy atom. The van der Waals surface area contributed by atoms with Gasteiger partial charge in [0.2, 0.25) is 0 Å². The van der Waals surface area contributed by atoms with Crippen LogP contribution in [-0.4, -0.2) is 33.9 Å². The summed E-state index contributed by atoms with van der Waals surface area (Å²) < 4.78 is 66.9. The second-order valence-electron chi connectivity index (χ2n) is 7.68. The summed E-state index contributed by atoms with van der Waals surface area (Å²) in [5.74, 6) is -3.05. The molecule has 0 fully saturated rings. The third-order valence-corrected chi connectivity index (χ3v) is 5.21. The first-order valence-corrected chi connectivity index (χ1v) is 11.0. The average Bonchev–Trinajstić information content (AvgIpc) is 3.20. The second-order valence-corrected chi connectivity index (χ2v) is 7.68. The van der Waals surface area contributed by atoms with Gasteiger partial charge in [0, 0.05) is 23.9 Å². The molecule has 3 aromatic rings. The highest BCUT2D eigenvalue weighted by atomic mass is 19.4. The summed E-state index contributed by atoms with van der Waals surface area (Å²) in [4.78, 5) is 13.4. The number of para-hydroxylation sites is 1. The zero-order valence-electron chi connectivity index (χ0n) is 19.4. The van der Waals surface area contributed by atoms with Gasteiger partial charge >= 0.3 is 12.1 Å². The van der Waals surface area contributed by atoms with E-state index in [0.29, 0.717) is 11.3 Å². The summed E-state index contributed by atoms with van der Waals surface area (Å²) >= 11 is 0. The van der Waals surface area contributed by atoms with Crippen LogP contribution in [0.15, 0.2) is 48.8 Å². The number of ether oxygens (including phenoxy) is 1. The third-order valence-electron chi connectivity index (χ3n) is 5.21. The number of carboxylic acid groups (broad SMARTS) is 1. The van der Waals surface area contributed by atoms with E-state index in [0.717, 1.165) is 61.7 Å². The molecule has 0 saturated carbocycles. The van der Waals surface area contributed by atoms with E-state index in [2.05, 4.69) is 16.5 Å². The standard InChI is InChI=1S/C23H26F2N2O.C2HF3O2/c1-3-4-5-9-21-23(19-12-11-18(24)15-20(19)25)26-16-27(21)14-13-17-8-6-7-10-22(17)28-2;3-2(4,5)1(6)7/h6-8,10-12,15-16H,3-5,9,13-14H2,1-2H3;(H,6,7). The van der Waals surface area contributed by atoms with E-state index in [9.17, 15) is 22.0 Å². The van der Waals surface area contributed by atoms with Crippen LogP contribution >= 0.6 is 0 Å². The molecule has 0 aliphatic carbocycles. The number of aryl methyl sites for hydroxylation is 2. The van der Waals surface area contributed by atoms with Crippen LogP contribution in [0.4, 0.5) is 22.0 Å². The van der Waals surface area contributed by atoms with Gasteiger partial charge in [0.05, 0.1) is 19.1 Å². The molecule has 0 spiro atoms. The number of carboxylic acids is 1. The molecule has 0 aliphatic rings. The molecule has 0 unspecified atom stereocenters. The highest BCUT2D eigenvalue weighted by molar-refractivity contribution is 5.73. The number of halogens is 5. The molecule has 1 aromatic heterocycles. The van der Waals surface area contributed by atoms with E-state index in [1.807, 2.05) is 24.3 Å². The van der Waals surface area contributed by atoms with Crippen LogP contribution < -0.4 is 4.74 Å². The fourth-order valence-electron chi connectivity index (χ4n) is 3.46. The number of carbonyl (C=O) groups is 1. The summed E-state index contributed by atoms with van der Waals surface area (Å²) in [5.41, 5.74) is 3.07. The van der Waals surface area contributed by atoms with Crippen LogP contribution in [0.2, 0.25) is 0 Å². The summed E-state index contributed by atoms with van der Waals surface area (Å²) in [6.45, 7) is 2.87. The molecule has 10 heteroatoms. The summed E-state index contributed by atoms with van der Waals surface area (Å²) in [5, 5.41) is 7.12. The van der Waals surface area contributed by atoms with Crippen molar-refractivity contribution < 1.29 is 36.6 Å². The molecule has 1 heterocycles. The normalized spacial score (nSPS) is 11.1. The highest BCUT2D eigenvalue weighted by Gasteiger charge is 2.38. The smallest absolute Gasteiger partial charge is 0.490 e. The van der Waals surface area contributed by atoms with Crippen LogP contribution in [0.5, 0.6) is 5.75 Å². The Labute approximate surface area is 200 Å². The Kier molecular flexibility index (Phi) is 10.2. The van der Waals surface area contributed by atoms with Gasteiger partial charge < -0.3 is 14.4 Å². The lowest BCUT2D eigenvalue weighted by Gasteiger charge is -2.12. The third kappa shape index (κ3) is 8.08. The van der Waals surface area contributed by atoms with Crippen LogP contribution in [-0.2, 0) is 24.2 Å². The number of alkyl halides is 3. The van der Waals surface area contributed by atoms with E-state index < -0.39 is 23.8 Å². The van der Waals surface area contributed by atoms with Crippen molar-refractivity contribution in [1.29, 1.82) is 0 Å². The number of imidazole rings is 1. The maximum Gasteiger partial charge on any atom is 0.490 e. The van der Waals surface area contributed by atoms with Crippen molar-refractivity contribution >= 4 is 5.97 Å². The van der Waals surface area contributed by atoms with Gasteiger partial charge in [0.15, 0.2) is 0 Å². The predicted octanol–water partition coefficient (Wildman–Crippen LogP) is 6.45. The van der Waals surface area contributed by atoms with Crippen molar-refractivity contribution in [3.8, 4) is 17.0 Å². The van der Waals surface area contributed by atoms with Gasteiger partial charge in [0.25, 0.3) is 0 Å². The van der Waals surface area contributed by atoms with Crippen molar-refractivity contribution in [3.63, 3.8) is 0 Å². The van der Waals surface area contributed by atoms with Gasteiger partial charge in [-0.15, -0.1) is 0 Å². The topological polar surface area (TPSA) is 64.4 Å². The maximum atomic E-state index is 14.4. The molecule has 35 heavy (non-hydrogen) atoms. The van der Waals surface area contributed by atoms with Crippen molar-refractivity contribution in [2.24, 2.45) is 0 Å². The fraction of sp³-hybridized carbons (Fsp3) is 0.360. The monoisotopic (exact) mass is 498 g/mol. The minimum absolute atomic E-state index is 0.351. The molecule has 0 amide bonds. The fourth-order valence-corrected chi connectivity index (χ4v) is 3.46. The number of hydrogen-bond donors (Lipinski definition) is 1. The molecule has 0 aliphatic heterocycles. The zero-order chi connectivity index (χ0) is 26.0. The molecule has 0 saturated heterocycles. The first-order valence-electron chi connectivity index (χ1n) is 11.0. The highest BCUT2D eigenvalue weighted by Crippen LogP contribution is 2.28. The van der Waals surface area contributed by atoms with E-state index in [-0.39, 0.29) is 0 Å². The van der Waals surface area contributed by atoms with Crippen molar-refractivity contribution in [2.75, 3.05) is 7.11 Å². The summed E-state index contributed by atoms with van der Waals surface area (Å²) in [6, 6.07) is 11.6. The largest absolute Gasteiger partial charge is 0.496 e.